The van der Waals surface area contributed by atoms with Gasteiger partial charge in [0.25, 0.3) is 5.56 Å². The van der Waals surface area contributed by atoms with E-state index in [0.717, 1.165) is 30.4 Å². The van der Waals surface area contributed by atoms with E-state index in [2.05, 4.69) is 6.92 Å². The number of nitrogens with zero attached hydrogens (tertiary/aromatic N) is 3. The normalized spacial score (nSPS) is 12.0. The Morgan fingerprint density at radius 2 is 1.75 bits per heavy atom. The van der Waals surface area contributed by atoms with Crippen LogP contribution >= 0.6 is 0 Å². The summed E-state index contributed by atoms with van der Waals surface area (Å²) in [4.78, 5) is 18.0. The molecule has 0 aliphatic carbocycles. The first-order chi connectivity index (χ1) is 15.3. The van der Waals surface area contributed by atoms with Crippen LogP contribution in [0.5, 0.6) is 0 Å². The van der Waals surface area contributed by atoms with Crippen LogP contribution in [0.15, 0.2) is 63.2 Å². The van der Waals surface area contributed by atoms with Crippen molar-refractivity contribution in [1.29, 1.82) is 5.41 Å². The number of nitrogens with one attached hydrogen (secondary N) is 1. The number of hydrogen-bond acceptors (Lipinski definition) is 5. The Kier molecular flexibility index (Phi) is 5.73. The molecule has 8 heteroatoms. The van der Waals surface area contributed by atoms with Gasteiger partial charge < -0.3 is 4.57 Å². The molecule has 1 N–H and O–H groups in total. The van der Waals surface area contributed by atoms with Gasteiger partial charge in [0.2, 0.25) is 9.84 Å². The third-order valence-electron chi connectivity index (χ3n) is 5.70. The smallest absolute Gasteiger partial charge is 0.267 e. The molecule has 0 aliphatic heterocycles. The van der Waals surface area contributed by atoms with E-state index in [-0.39, 0.29) is 26.2 Å². The minimum absolute atomic E-state index is 0.0979. The molecule has 3 heterocycles. The number of pyridine rings is 2. The van der Waals surface area contributed by atoms with Crippen molar-refractivity contribution in [3.05, 3.63) is 75.6 Å². The Balaban J connectivity index is 2.09. The molecule has 0 fully saturated rings. The number of unbranched alkanes of at least 4 members (excludes halogenated alkanes) is 2. The first-order valence-electron chi connectivity index (χ1n) is 10.7. The average Bonchev–Trinajstić information content (AvgIpc) is 2.76. The van der Waals surface area contributed by atoms with E-state index < -0.39 is 9.84 Å². The van der Waals surface area contributed by atoms with Crippen LogP contribution in [0.1, 0.15) is 37.3 Å². The molecule has 0 bridgehead atoms. The highest BCUT2D eigenvalue weighted by atomic mass is 32.2. The molecule has 0 saturated heterocycles. The fourth-order valence-electron chi connectivity index (χ4n) is 3.86. The van der Waals surface area contributed by atoms with Crippen LogP contribution in [-0.4, -0.2) is 22.4 Å². The van der Waals surface area contributed by atoms with Crippen molar-refractivity contribution >= 4 is 26.5 Å². The van der Waals surface area contributed by atoms with Crippen LogP contribution in [0.4, 0.5) is 0 Å². The van der Waals surface area contributed by atoms with Crippen LogP contribution in [0, 0.1) is 19.3 Å². The van der Waals surface area contributed by atoms with Crippen molar-refractivity contribution in [3.63, 3.8) is 0 Å². The van der Waals surface area contributed by atoms with E-state index >= 15 is 0 Å². The molecule has 0 unspecified atom stereocenters. The van der Waals surface area contributed by atoms with E-state index in [1.165, 1.54) is 22.6 Å². The summed E-state index contributed by atoms with van der Waals surface area (Å²) >= 11 is 0. The van der Waals surface area contributed by atoms with Gasteiger partial charge in [-0.05, 0) is 50.1 Å². The van der Waals surface area contributed by atoms with E-state index in [9.17, 15) is 13.2 Å². The Labute approximate surface area is 186 Å². The van der Waals surface area contributed by atoms with Crippen LogP contribution in [0.3, 0.4) is 0 Å². The lowest BCUT2D eigenvalue weighted by Crippen LogP contribution is -2.30. The molecule has 4 rings (SSSR count). The fourth-order valence-corrected chi connectivity index (χ4v) is 5.24. The zero-order chi connectivity index (χ0) is 23.0. The van der Waals surface area contributed by atoms with Gasteiger partial charge in [-0.15, -0.1) is 0 Å². The zero-order valence-corrected chi connectivity index (χ0v) is 19.2. The largest absolute Gasteiger partial charge is 0.310 e. The zero-order valence-electron chi connectivity index (χ0n) is 18.4. The second-order valence-corrected chi connectivity index (χ2v) is 9.99. The second-order valence-electron chi connectivity index (χ2n) is 8.07. The standard InChI is InChI=1S/C24H26N4O3S/c1-4-5-6-13-27-21(25)20(32(30,31)18-11-9-16(2)10-12-18)15-19-23(27)26-22-17(3)8-7-14-28(22)24(19)29/h7-12,14-15,25H,4-6,13H2,1-3H3. The maximum Gasteiger partial charge on any atom is 0.267 e. The van der Waals surface area contributed by atoms with Crippen LogP contribution in [0.25, 0.3) is 16.7 Å². The van der Waals surface area contributed by atoms with E-state index in [4.69, 9.17) is 10.4 Å². The average molecular weight is 451 g/mol. The highest BCUT2D eigenvalue weighted by molar-refractivity contribution is 7.91. The molecule has 0 aliphatic rings. The van der Waals surface area contributed by atoms with Crippen molar-refractivity contribution < 1.29 is 8.42 Å². The topological polar surface area (TPSA) is 97.3 Å². The number of fused-ring (bicyclic) bond motifs is 2. The highest BCUT2D eigenvalue weighted by Crippen LogP contribution is 2.22. The molecule has 3 aromatic heterocycles. The SMILES string of the molecule is CCCCCn1c(=N)c(S(=O)(=O)c2ccc(C)cc2)cc2c(=O)n3cccc(C)c3nc21. The molecule has 166 valence electrons. The Bertz CT molecular complexity index is 1550. The third-order valence-corrected chi connectivity index (χ3v) is 7.49. The van der Waals surface area contributed by atoms with Crippen molar-refractivity contribution in [2.75, 3.05) is 0 Å². The van der Waals surface area contributed by atoms with Gasteiger partial charge in [0.05, 0.1) is 10.3 Å². The molecule has 32 heavy (non-hydrogen) atoms. The lowest BCUT2D eigenvalue weighted by atomic mass is 10.2. The van der Waals surface area contributed by atoms with Gasteiger partial charge in [0.15, 0.2) is 0 Å². The second kappa shape index (κ2) is 8.35. The Hall–Kier alpha value is -3.26. The lowest BCUT2D eigenvalue weighted by Gasteiger charge is -2.15. The molecule has 7 nitrogen and oxygen atoms in total. The minimum Gasteiger partial charge on any atom is -0.310 e. The number of benzene rings is 1. The molecule has 0 spiro atoms. The molecular weight excluding hydrogens is 424 g/mol. The van der Waals surface area contributed by atoms with E-state index in [1.54, 1.807) is 29.0 Å². The quantitative estimate of drug-likeness (QED) is 0.357. The Morgan fingerprint density at radius 1 is 1.03 bits per heavy atom. The van der Waals surface area contributed by atoms with E-state index in [1.807, 2.05) is 19.9 Å². The maximum atomic E-state index is 13.5. The van der Waals surface area contributed by atoms with Gasteiger partial charge in [0, 0.05) is 12.7 Å². The number of aryl methyl sites for hydroxylation is 3. The van der Waals surface area contributed by atoms with Crippen molar-refractivity contribution in [2.45, 2.75) is 56.4 Å². The highest BCUT2D eigenvalue weighted by Gasteiger charge is 2.24. The van der Waals surface area contributed by atoms with Gasteiger partial charge >= 0.3 is 0 Å². The number of sulfone groups is 1. The molecule has 0 radical (unpaired) electrons. The predicted molar refractivity (Wildman–Crippen MR) is 124 cm³/mol. The van der Waals surface area contributed by atoms with Crippen LogP contribution in [0.2, 0.25) is 0 Å². The first kappa shape index (κ1) is 22.0. The van der Waals surface area contributed by atoms with Crippen molar-refractivity contribution in [1.82, 2.24) is 14.0 Å². The molecular formula is C24H26N4O3S. The number of hydrogen-bond donors (Lipinski definition) is 1. The fraction of sp³-hybridized carbons (Fsp3) is 0.292. The summed E-state index contributed by atoms with van der Waals surface area (Å²) in [6.45, 7) is 6.23. The van der Waals surface area contributed by atoms with E-state index in [0.29, 0.717) is 17.8 Å². The predicted octanol–water partition coefficient (Wildman–Crippen LogP) is 3.77. The summed E-state index contributed by atoms with van der Waals surface area (Å²) in [6.07, 6.45) is 4.28. The minimum atomic E-state index is -3.99. The van der Waals surface area contributed by atoms with Crippen molar-refractivity contribution in [3.8, 4) is 0 Å². The molecule has 0 atom stereocenters. The molecule has 1 aromatic carbocycles. The molecule has 0 amide bonds. The summed E-state index contributed by atoms with van der Waals surface area (Å²) in [5.74, 6) is 0. The van der Waals surface area contributed by atoms with Gasteiger partial charge in [-0.2, -0.15) is 0 Å². The lowest BCUT2D eigenvalue weighted by molar-refractivity contribution is 0.570. The molecule has 0 saturated carbocycles. The van der Waals surface area contributed by atoms with Gasteiger partial charge in [-0.1, -0.05) is 43.5 Å². The number of rotatable bonds is 6. The summed E-state index contributed by atoms with van der Waals surface area (Å²) in [7, 11) is -3.99. The van der Waals surface area contributed by atoms with Crippen LogP contribution in [-0.2, 0) is 16.4 Å². The monoisotopic (exact) mass is 450 g/mol. The molecule has 4 aromatic rings. The van der Waals surface area contributed by atoms with Gasteiger partial charge in [-0.25, -0.2) is 13.4 Å². The van der Waals surface area contributed by atoms with Gasteiger partial charge in [-0.3, -0.25) is 14.6 Å². The summed E-state index contributed by atoms with van der Waals surface area (Å²) in [6, 6.07) is 11.4. The summed E-state index contributed by atoms with van der Waals surface area (Å²) in [5, 5.41) is 8.96. The summed E-state index contributed by atoms with van der Waals surface area (Å²) < 4.78 is 29.9. The van der Waals surface area contributed by atoms with Crippen molar-refractivity contribution in [2.24, 2.45) is 0 Å². The van der Waals surface area contributed by atoms with Crippen LogP contribution < -0.4 is 11.0 Å². The maximum absolute atomic E-state index is 13.5. The van der Waals surface area contributed by atoms with Gasteiger partial charge in [0.1, 0.15) is 21.7 Å². The number of aromatic nitrogens is 3. The Morgan fingerprint density at radius 3 is 2.44 bits per heavy atom. The third kappa shape index (κ3) is 3.64. The summed E-state index contributed by atoms with van der Waals surface area (Å²) in [5.41, 5.74) is 2.11. The first-order valence-corrected chi connectivity index (χ1v) is 12.2.